The van der Waals surface area contributed by atoms with Gasteiger partial charge in [-0.2, -0.15) is 0 Å². The van der Waals surface area contributed by atoms with Crippen LogP contribution < -0.4 is 10.5 Å². The number of nitrogens with two attached hydrogens (primary N) is 1. The largest absolute Gasteiger partial charge is 0.494 e. The van der Waals surface area contributed by atoms with E-state index in [9.17, 15) is 0 Å². The number of hydrogen-bond acceptors (Lipinski definition) is 2. The van der Waals surface area contributed by atoms with Gasteiger partial charge in [0.25, 0.3) is 0 Å². The van der Waals surface area contributed by atoms with E-state index >= 15 is 0 Å². The maximum atomic E-state index is 5.89. The molecular weight excluding hydrogens is 314 g/mol. The van der Waals surface area contributed by atoms with Crippen molar-refractivity contribution in [2.75, 3.05) is 13.2 Å². The predicted molar refractivity (Wildman–Crippen MR) is 87.1 cm³/mol. The first-order valence-corrected chi connectivity index (χ1v) is 7.72. The van der Waals surface area contributed by atoms with Crippen LogP contribution in [0.15, 0.2) is 59.1 Å². The summed E-state index contributed by atoms with van der Waals surface area (Å²) in [5.74, 6) is 1.33. The Balaban J connectivity index is 1.80. The molecule has 0 bridgehead atoms. The summed E-state index contributed by atoms with van der Waals surface area (Å²) in [4.78, 5) is 0. The zero-order valence-electron chi connectivity index (χ0n) is 11.5. The van der Waals surface area contributed by atoms with Crippen LogP contribution in [0.1, 0.15) is 24.3 Å². The van der Waals surface area contributed by atoms with Crippen molar-refractivity contribution in [3.05, 3.63) is 64.6 Å². The van der Waals surface area contributed by atoms with E-state index in [1.54, 1.807) is 0 Å². The Kier molecular flexibility index (Phi) is 6.09. The molecule has 106 valence electrons. The monoisotopic (exact) mass is 333 g/mol. The molecule has 2 rings (SSSR count). The molecule has 0 aliphatic carbocycles. The minimum Gasteiger partial charge on any atom is -0.494 e. The lowest BCUT2D eigenvalue weighted by molar-refractivity contribution is 0.302. The summed E-state index contributed by atoms with van der Waals surface area (Å²) in [6, 6.07) is 18.3. The number of rotatable bonds is 7. The summed E-state index contributed by atoms with van der Waals surface area (Å²) in [6.07, 6.45) is 2.04. The van der Waals surface area contributed by atoms with Gasteiger partial charge in [-0.05, 0) is 55.1 Å². The summed E-state index contributed by atoms with van der Waals surface area (Å²) < 4.78 is 6.82. The van der Waals surface area contributed by atoms with Crippen molar-refractivity contribution in [2.45, 2.75) is 18.8 Å². The topological polar surface area (TPSA) is 35.2 Å². The summed E-state index contributed by atoms with van der Waals surface area (Å²) in [5, 5.41) is 0. The average molecular weight is 334 g/mol. The standard InChI is InChI=1S/C17H20BrNO/c18-16-8-4-6-14(12-16)15(13-19)7-5-11-20-17-9-2-1-3-10-17/h1-4,6,8-10,12,15H,5,7,11,13,19H2. The molecule has 0 saturated heterocycles. The quantitative estimate of drug-likeness (QED) is 0.764. The summed E-state index contributed by atoms with van der Waals surface area (Å²) >= 11 is 3.51. The molecular formula is C17H20BrNO. The molecule has 0 aromatic heterocycles. The van der Waals surface area contributed by atoms with Crippen LogP contribution in [0.3, 0.4) is 0 Å². The van der Waals surface area contributed by atoms with Crippen LogP contribution in [0.2, 0.25) is 0 Å². The molecule has 2 nitrogen and oxygen atoms in total. The van der Waals surface area contributed by atoms with Crippen LogP contribution in [0, 0.1) is 0 Å². The first-order chi connectivity index (χ1) is 9.79. The Labute approximate surface area is 129 Å². The Bertz CT molecular complexity index is 515. The predicted octanol–water partition coefficient (Wildman–Crippen LogP) is 4.35. The molecule has 0 aliphatic rings. The second-order valence-corrected chi connectivity index (χ2v) is 5.71. The summed E-state index contributed by atoms with van der Waals surface area (Å²) in [5.41, 5.74) is 7.19. The van der Waals surface area contributed by atoms with Gasteiger partial charge in [0.2, 0.25) is 0 Å². The van der Waals surface area contributed by atoms with Crippen LogP contribution in [-0.2, 0) is 0 Å². The Morgan fingerprint density at radius 2 is 1.85 bits per heavy atom. The molecule has 0 heterocycles. The molecule has 0 radical (unpaired) electrons. The maximum absolute atomic E-state index is 5.89. The van der Waals surface area contributed by atoms with E-state index < -0.39 is 0 Å². The van der Waals surface area contributed by atoms with Crippen molar-refractivity contribution in [1.29, 1.82) is 0 Å². The van der Waals surface area contributed by atoms with Crippen molar-refractivity contribution in [3.63, 3.8) is 0 Å². The van der Waals surface area contributed by atoms with E-state index in [1.165, 1.54) is 5.56 Å². The molecule has 0 fully saturated rings. The molecule has 3 heteroatoms. The third-order valence-corrected chi connectivity index (χ3v) is 3.81. The highest BCUT2D eigenvalue weighted by Gasteiger charge is 2.09. The van der Waals surface area contributed by atoms with Crippen LogP contribution >= 0.6 is 15.9 Å². The number of halogens is 1. The van der Waals surface area contributed by atoms with E-state index in [2.05, 4.69) is 34.1 Å². The fourth-order valence-electron chi connectivity index (χ4n) is 2.22. The molecule has 0 saturated carbocycles. The van der Waals surface area contributed by atoms with Gasteiger partial charge in [-0.25, -0.2) is 0 Å². The second-order valence-electron chi connectivity index (χ2n) is 4.79. The first kappa shape index (κ1) is 15.1. The van der Waals surface area contributed by atoms with Crippen molar-refractivity contribution in [3.8, 4) is 5.75 Å². The molecule has 2 aromatic rings. The Morgan fingerprint density at radius 3 is 2.55 bits per heavy atom. The minimum absolute atomic E-state index is 0.395. The van der Waals surface area contributed by atoms with Gasteiger partial charge in [-0.15, -0.1) is 0 Å². The van der Waals surface area contributed by atoms with E-state index in [0.717, 1.165) is 29.7 Å². The Hall–Kier alpha value is -1.32. The highest BCUT2D eigenvalue weighted by Crippen LogP contribution is 2.23. The van der Waals surface area contributed by atoms with Crippen LogP contribution in [0.5, 0.6) is 5.75 Å². The van der Waals surface area contributed by atoms with Gasteiger partial charge in [0.15, 0.2) is 0 Å². The van der Waals surface area contributed by atoms with Crippen LogP contribution in [0.25, 0.3) is 0 Å². The molecule has 0 aliphatic heterocycles. The van der Waals surface area contributed by atoms with Crippen molar-refractivity contribution < 1.29 is 4.74 Å². The number of hydrogen-bond donors (Lipinski definition) is 1. The lowest BCUT2D eigenvalue weighted by atomic mass is 9.94. The molecule has 0 amide bonds. The highest BCUT2D eigenvalue weighted by molar-refractivity contribution is 9.10. The molecule has 2 aromatic carbocycles. The van der Waals surface area contributed by atoms with Gasteiger partial charge in [0.1, 0.15) is 5.75 Å². The second kappa shape index (κ2) is 8.08. The van der Waals surface area contributed by atoms with Crippen LogP contribution in [0.4, 0.5) is 0 Å². The maximum Gasteiger partial charge on any atom is 0.119 e. The lowest BCUT2D eigenvalue weighted by Crippen LogP contribution is -2.13. The molecule has 1 atom stereocenters. The van der Waals surface area contributed by atoms with E-state index in [0.29, 0.717) is 12.5 Å². The highest BCUT2D eigenvalue weighted by atomic mass is 79.9. The van der Waals surface area contributed by atoms with Gasteiger partial charge in [0, 0.05) is 4.47 Å². The normalized spacial score (nSPS) is 12.1. The summed E-state index contributed by atoms with van der Waals surface area (Å²) in [7, 11) is 0. The van der Waals surface area contributed by atoms with Crippen molar-refractivity contribution in [2.24, 2.45) is 5.73 Å². The number of ether oxygens (including phenoxy) is 1. The van der Waals surface area contributed by atoms with E-state index in [1.807, 2.05) is 36.4 Å². The molecule has 1 unspecified atom stereocenters. The molecule has 20 heavy (non-hydrogen) atoms. The van der Waals surface area contributed by atoms with Gasteiger partial charge in [0.05, 0.1) is 6.61 Å². The molecule has 2 N–H and O–H groups in total. The summed E-state index contributed by atoms with van der Waals surface area (Å²) in [6.45, 7) is 1.40. The fraction of sp³-hybridized carbons (Fsp3) is 0.294. The molecule has 0 spiro atoms. The van der Waals surface area contributed by atoms with Crippen molar-refractivity contribution >= 4 is 15.9 Å². The number of benzene rings is 2. The van der Waals surface area contributed by atoms with Gasteiger partial charge in [-0.3, -0.25) is 0 Å². The smallest absolute Gasteiger partial charge is 0.119 e. The SMILES string of the molecule is NCC(CCCOc1ccccc1)c1cccc(Br)c1. The third-order valence-electron chi connectivity index (χ3n) is 3.31. The Morgan fingerprint density at radius 1 is 1.05 bits per heavy atom. The van der Waals surface area contributed by atoms with Gasteiger partial charge in [-0.1, -0.05) is 46.3 Å². The number of para-hydroxylation sites is 1. The zero-order valence-corrected chi connectivity index (χ0v) is 13.1. The third kappa shape index (κ3) is 4.66. The van der Waals surface area contributed by atoms with Gasteiger partial charge >= 0.3 is 0 Å². The minimum atomic E-state index is 0.395. The fourth-order valence-corrected chi connectivity index (χ4v) is 2.63. The average Bonchev–Trinajstić information content (AvgIpc) is 2.48. The van der Waals surface area contributed by atoms with E-state index in [-0.39, 0.29) is 0 Å². The van der Waals surface area contributed by atoms with Gasteiger partial charge < -0.3 is 10.5 Å². The van der Waals surface area contributed by atoms with E-state index in [4.69, 9.17) is 10.5 Å². The zero-order chi connectivity index (χ0) is 14.2. The van der Waals surface area contributed by atoms with Crippen molar-refractivity contribution in [1.82, 2.24) is 0 Å². The lowest BCUT2D eigenvalue weighted by Gasteiger charge is -2.15. The van der Waals surface area contributed by atoms with Crippen LogP contribution in [-0.4, -0.2) is 13.2 Å². The first-order valence-electron chi connectivity index (χ1n) is 6.93.